The highest BCUT2D eigenvalue weighted by atomic mass is 35.5. The molecule has 0 bridgehead atoms. The van der Waals surface area contributed by atoms with Crippen molar-refractivity contribution in [2.45, 2.75) is 31.6 Å². The van der Waals surface area contributed by atoms with Gasteiger partial charge in [-0.15, -0.1) is 12.4 Å². The molecule has 27 heavy (non-hydrogen) atoms. The minimum atomic E-state index is -4.09. The summed E-state index contributed by atoms with van der Waals surface area (Å²) in [5, 5.41) is 14.0. The number of rotatable bonds is 6. The number of carbonyl (C=O) groups is 1. The highest BCUT2D eigenvalue weighted by Gasteiger charge is 2.38. The molecule has 0 spiro atoms. The number of nitro benzene ring substituents is 1. The second kappa shape index (κ2) is 9.45. The van der Waals surface area contributed by atoms with Gasteiger partial charge in [0.25, 0.3) is 5.69 Å². The number of nitro groups is 1. The van der Waals surface area contributed by atoms with Crippen LogP contribution in [0.4, 0.5) is 5.69 Å². The summed E-state index contributed by atoms with van der Waals surface area (Å²) in [4.78, 5) is 22.5. The molecule has 1 fully saturated rings. The topological polar surface area (TPSA) is 136 Å². The van der Waals surface area contributed by atoms with Gasteiger partial charge in [-0.25, -0.2) is 8.42 Å². The zero-order valence-corrected chi connectivity index (χ0v) is 16.9. The number of carbonyl (C=O) groups excluding carboxylic acids is 1. The molecule has 9 nitrogen and oxygen atoms in total. The Bertz CT molecular complexity index is 815. The largest absolute Gasteiger partial charge is 0.355 e. The number of nitrogens with zero attached hydrogens (tertiary/aromatic N) is 2. The molecule has 1 heterocycles. The normalized spacial score (nSPS) is 17.8. The zero-order valence-electron chi connectivity index (χ0n) is 15.3. The molecule has 1 aromatic rings. The first-order chi connectivity index (χ1) is 12.2. The van der Waals surface area contributed by atoms with Crippen LogP contribution in [0, 0.1) is 29.9 Å². The van der Waals surface area contributed by atoms with Gasteiger partial charge in [0.1, 0.15) is 0 Å². The third-order valence-electron chi connectivity index (χ3n) is 4.65. The van der Waals surface area contributed by atoms with Crippen LogP contribution in [0.15, 0.2) is 17.0 Å². The predicted octanol–water partition coefficient (Wildman–Crippen LogP) is 1.11. The molecule has 3 N–H and O–H groups in total. The van der Waals surface area contributed by atoms with Crippen molar-refractivity contribution in [1.82, 2.24) is 9.62 Å². The molecule has 0 aliphatic carbocycles. The number of piperidine rings is 1. The summed E-state index contributed by atoms with van der Waals surface area (Å²) in [5.41, 5.74) is 5.94. The van der Waals surface area contributed by atoms with Gasteiger partial charge in [-0.1, -0.05) is 6.07 Å². The van der Waals surface area contributed by atoms with Crippen molar-refractivity contribution in [2.75, 3.05) is 26.2 Å². The van der Waals surface area contributed by atoms with Gasteiger partial charge >= 0.3 is 0 Å². The van der Waals surface area contributed by atoms with E-state index in [0.29, 0.717) is 37.1 Å². The standard InChI is InChI=1S/C16H24N4O5S.ClH/c1-11-5-6-14(20(22)23)15(12(11)2)26(24,25)19-9-3-4-13(10-19)16(21)18-8-7-17;/h5-6,13H,3-4,7-10,17H2,1-2H3,(H,18,21);1H. The van der Waals surface area contributed by atoms with E-state index in [9.17, 15) is 23.3 Å². The lowest BCUT2D eigenvalue weighted by Crippen LogP contribution is -2.46. The summed E-state index contributed by atoms with van der Waals surface area (Å²) in [6.07, 6.45) is 1.08. The number of hydrogen-bond donors (Lipinski definition) is 2. The quantitative estimate of drug-likeness (QED) is 0.522. The van der Waals surface area contributed by atoms with E-state index in [1.165, 1.54) is 16.4 Å². The van der Waals surface area contributed by atoms with Gasteiger partial charge in [0.05, 0.1) is 10.8 Å². The lowest BCUT2D eigenvalue weighted by molar-refractivity contribution is -0.388. The summed E-state index contributed by atoms with van der Waals surface area (Å²) in [5.74, 6) is -0.736. The summed E-state index contributed by atoms with van der Waals surface area (Å²) in [7, 11) is -4.09. The maximum absolute atomic E-state index is 13.1. The molecule has 1 aliphatic heterocycles. The Morgan fingerprint density at radius 1 is 1.41 bits per heavy atom. The van der Waals surface area contributed by atoms with E-state index in [1.807, 2.05) is 0 Å². The Kier molecular flexibility index (Phi) is 8.15. The molecule has 1 aromatic carbocycles. The summed E-state index contributed by atoms with van der Waals surface area (Å²) >= 11 is 0. The van der Waals surface area contributed by atoms with Gasteiger partial charge < -0.3 is 11.1 Å². The molecular weight excluding hydrogens is 396 g/mol. The fraction of sp³-hybridized carbons (Fsp3) is 0.562. The Labute approximate surface area is 164 Å². The van der Waals surface area contributed by atoms with Gasteiger partial charge in [-0.3, -0.25) is 14.9 Å². The number of halogens is 1. The molecule has 0 radical (unpaired) electrons. The van der Waals surface area contributed by atoms with Gasteiger partial charge in [-0.2, -0.15) is 4.31 Å². The second-order valence-electron chi connectivity index (χ2n) is 6.39. The Balaban J connectivity index is 0.00000364. The van der Waals surface area contributed by atoms with Crippen LogP contribution in [-0.4, -0.2) is 49.7 Å². The number of sulfonamides is 1. The van der Waals surface area contributed by atoms with E-state index in [1.54, 1.807) is 13.8 Å². The first-order valence-corrected chi connectivity index (χ1v) is 9.86. The van der Waals surface area contributed by atoms with Crippen molar-refractivity contribution in [3.8, 4) is 0 Å². The summed E-state index contributed by atoms with van der Waals surface area (Å²) < 4.78 is 27.5. The van der Waals surface area contributed by atoms with Crippen molar-refractivity contribution in [1.29, 1.82) is 0 Å². The lowest BCUT2D eigenvalue weighted by Gasteiger charge is -2.31. The minimum Gasteiger partial charge on any atom is -0.355 e. The third kappa shape index (κ3) is 4.95. The van der Waals surface area contributed by atoms with E-state index >= 15 is 0 Å². The maximum atomic E-state index is 13.1. The van der Waals surface area contributed by atoms with Gasteiger partial charge in [0, 0.05) is 32.2 Å². The predicted molar refractivity (Wildman–Crippen MR) is 103 cm³/mol. The molecule has 2 rings (SSSR count). The van der Waals surface area contributed by atoms with Crippen LogP contribution < -0.4 is 11.1 Å². The van der Waals surface area contributed by atoms with Crippen LogP contribution in [0.2, 0.25) is 0 Å². The first-order valence-electron chi connectivity index (χ1n) is 8.42. The second-order valence-corrected chi connectivity index (χ2v) is 8.27. The van der Waals surface area contributed by atoms with Crippen LogP contribution in [0.25, 0.3) is 0 Å². The lowest BCUT2D eigenvalue weighted by atomic mass is 9.99. The van der Waals surface area contributed by atoms with Gasteiger partial charge in [0.2, 0.25) is 15.9 Å². The third-order valence-corrected chi connectivity index (χ3v) is 6.69. The Morgan fingerprint density at radius 2 is 2.07 bits per heavy atom. The number of hydrogen-bond acceptors (Lipinski definition) is 6. The highest BCUT2D eigenvalue weighted by Crippen LogP contribution is 2.33. The SMILES string of the molecule is Cc1ccc([N+](=O)[O-])c(S(=O)(=O)N2CCCC(C(=O)NCCN)C2)c1C.Cl. The minimum absolute atomic E-state index is 0. The van der Waals surface area contributed by atoms with Crippen LogP contribution in [0.1, 0.15) is 24.0 Å². The van der Waals surface area contributed by atoms with Crippen molar-refractivity contribution < 1.29 is 18.1 Å². The molecule has 0 saturated carbocycles. The molecule has 1 saturated heterocycles. The zero-order chi connectivity index (χ0) is 19.5. The van der Waals surface area contributed by atoms with E-state index in [-0.39, 0.29) is 36.3 Å². The van der Waals surface area contributed by atoms with Crippen molar-refractivity contribution >= 4 is 34.0 Å². The van der Waals surface area contributed by atoms with Crippen LogP contribution >= 0.6 is 12.4 Å². The molecule has 1 atom stereocenters. The van der Waals surface area contributed by atoms with Crippen molar-refractivity contribution in [2.24, 2.45) is 11.7 Å². The monoisotopic (exact) mass is 420 g/mol. The van der Waals surface area contributed by atoms with Gasteiger partial charge in [-0.05, 0) is 37.8 Å². The molecule has 152 valence electrons. The van der Waals surface area contributed by atoms with Crippen LogP contribution in [0.3, 0.4) is 0 Å². The number of benzene rings is 1. The van der Waals surface area contributed by atoms with Crippen LogP contribution in [0.5, 0.6) is 0 Å². The summed E-state index contributed by atoms with van der Waals surface area (Å²) in [6.45, 7) is 4.12. The molecule has 0 aromatic heterocycles. The highest BCUT2D eigenvalue weighted by molar-refractivity contribution is 7.89. The average Bonchev–Trinajstić information content (AvgIpc) is 2.61. The molecule has 1 amide bonds. The molecule has 1 unspecified atom stereocenters. The molecule has 11 heteroatoms. The van der Waals surface area contributed by atoms with E-state index in [0.717, 1.165) is 0 Å². The first kappa shape index (κ1) is 23.3. The molecular formula is C16H25ClN4O5S. The molecule has 1 aliphatic rings. The maximum Gasteiger partial charge on any atom is 0.289 e. The van der Waals surface area contributed by atoms with E-state index in [2.05, 4.69) is 5.32 Å². The van der Waals surface area contributed by atoms with Crippen LogP contribution in [-0.2, 0) is 14.8 Å². The number of nitrogens with one attached hydrogen (secondary N) is 1. The fourth-order valence-corrected chi connectivity index (χ4v) is 5.05. The average molecular weight is 421 g/mol. The summed E-state index contributed by atoms with van der Waals surface area (Å²) in [6, 6.07) is 2.75. The number of nitrogens with two attached hydrogens (primary N) is 1. The van der Waals surface area contributed by atoms with Crippen molar-refractivity contribution in [3.05, 3.63) is 33.4 Å². The number of aryl methyl sites for hydroxylation is 1. The smallest absolute Gasteiger partial charge is 0.289 e. The van der Waals surface area contributed by atoms with E-state index < -0.39 is 26.6 Å². The van der Waals surface area contributed by atoms with Gasteiger partial charge in [0.15, 0.2) is 4.90 Å². The Morgan fingerprint density at radius 3 is 2.67 bits per heavy atom. The fourth-order valence-electron chi connectivity index (χ4n) is 3.09. The Hall–Kier alpha value is -1.75. The van der Waals surface area contributed by atoms with Crippen molar-refractivity contribution in [3.63, 3.8) is 0 Å². The van der Waals surface area contributed by atoms with E-state index in [4.69, 9.17) is 5.73 Å². The number of amides is 1.